The van der Waals surface area contributed by atoms with Gasteiger partial charge in [0.05, 0.1) is 6.42 Å². The molecule has 5 nitrogen and oxygen atoms in total. The standard InChI is InChI=1S/C10H20O5Si/c1-10(2,3)16(4,5)15-7(9(13)14)6-8(11)12/h7H,6H2,1-5H3,(H,11,12)(H,13,14)/t7-/m0/s1. The molecule has 0 unspecified atom stereocenters. The molecule has 0 radical (unpaired) electrons. The number of carbonyl (C=O) groups is 2. The van der Waals surface area contributed by atoms with E-state index in [2.05, 4.69) is 0 Å². The van der Waals surface area contributed by atoms with Crippen LogP contribution in [0.4, 0.5) is 0 Å². The number of rotatable bonds is 5. The maximum Gasteiger partial charge on any atom is 0.332 e. The Balaban J connectivity index is 4.76. The molecule has 6 heteroatoms. The third-order valence-corrected chi connectivity index (χ3v) is 7.36. The van der Waals surface area contributed by atoms with Crippen molar-refractivity contribution in [3.63, 3.8) is 0 Å². The Labute approximate surface area is 96.6 Å². The molecule has 1 atom stereocenters. The summed E-state index contributed by atoms with van der Waals surface area (Å²) in [5.41, 5.74) is 0. The first-order valence-corrected chi connectivity index (χ1v) is 8.00. The van der Waals surface area contributed by atoms with E-state index in [0.29, 0.717) is 0 Å². The van der Waals surface area contributed by atoms with Gasteiger partial charge in [-0.1, -0.05) is 20.8 Å². The van der Waals surface area contributed by atoms with Gasteiger partial charge in [-0.05, 0) is 18.1 Å². The maximum absolute atomic E-state index is 10.9. The van der Waals surface area contributed by atoms with Crippen LogP contribution in [-0.2, 0) is 14.0 Å². The molecule has 94 valence electrons. The van der Waals surface area contributed by atoms with Crippen molar-refractivity contribution in [2.24, 2.45) is 0 Å². The monoisotopic (exact) mass is 248 g/mol. The summed E-state index contributed by atoms with van der Waals surface area (Å²) in [5.74, 6) is -2.38. The van der Waals surface area contributed by atoms with Crippen LogP contribution in [0.2, 0.25) is 18.1 Å². The minimum atomic E-state index is -2.24. The number of aliphatic carboxylic acids is 2. The van der Waals surface area contributed by atoms with Crippen LogP contribution < -0.4 is 0 Å². The number of carboxylic acid groups (broad SMARTS) is 2. The molecular formula is C10H20O5Si. The van der Waals surface area contributed by atoms with Crippen molar-refractivity contribution in [2.45, 2.75) is 51.4 Å². The molecule has 0 aromatic carbocycles. The van der Waals surface area contributed by atoms with Crippen molar-refractivity contribution in [3.05, 3.63) is 0 Å². The molecule has 2 N–H and O–H groups in total. The van der Waals surface area contributed by atoms with E-state index in [-0.39, 0.29) is 5.04 Å². The van der Waals surface area contributed by atoms with Crippen LogP contribution in [0.1, 0.15) is 27.2 Å². The van der Waals surface area contributed by atoms with Gasteiger partial charge in [-0.15, -0.1) is 0 Å². The van der Waals surface area contributed by atoms with E-state index >= 15 is 0 Å². The molecule has 0 aliphatic rings. The highest BCUT2D eigenvalue weighted by molar-refractivity contribution is 6.74. The largest absolute Gasteiger partial charge is 0.481 e. The third-order valence-electron chi connectivity index (χ3n) is 2.88. The average Bonchev–Trinajstić information content (AvgIpc) is 1.98. The van der Waals surface area contributed by atoms with Crippen LogP contribution in [0.15, 0.2) is 0 Å². The van der Waals surface area contributed by atoms with E-state index in [1.165, 1.54) is 0 Å². The summed E-state index contributed by atoms with van der Waals surface area (Å²) < 4.78 is 5.53. The van der Waals surface area contributed by atoms with Crippen molar-refractivity contribution < 1.29 is 24.2 Å². The van der Waals surface area contributed by atoms with E-state index in [1.807, 2.05) is 33.9 Å². The van der Waals surface area contributed by atoms with Gasteiger partial charge in [0, 0.05) is 0 Å². The van der Waals surface area contributed by atoms with Gasteiger partial charge in [-0.3, -0.25) is 4.79 Å². The fourth-order valence-electron chi connectivity index (χ4n) is 0.870. The zero-order valence-electron chi connectivity index (χ0n) is 10.4. The lowest BCUT2D eigenvalue weighted by atomic mass is 10.2. The maximum atomic E-state index is 10.9. The Kier molecular flexibility index (Phi) is 4.69. The molecule has 0 spiro atoms. The predicted molar refractivity (Wildman–Crippen MR) is 62.0 cm³/mol. The number of carboxylic acids is 2. The zero-order valence-corrected chi connectivity index (χ0v) is 11.4. The van der Waals surface area contributed by atoms with Crippen LogP contribution in [0, 0.1) is 0 Å². The van der Waals surface area contributed by atoms with Crippen molar-refractivity contribution in [3.8, 4) is 0 Å². The molecule has 0 aliphatic carbocycles. The van der Waals surface area contributed by atoms with Gasteiger partial charge in [-0.2, -0.15) is 0 Å². The lowest BCUT2D eigenvalue weighted by Crippen LogP contribution is -2.46. The molecule has 0 fully saturated rings. The molecule has 0 bridgehead atoms. The summed E-state index contributed by atoms with van der Waals surface area (Å²) in [7, 11) is -2.24. The first kappa shape index (κ1) is 15.1. The zero-order chi connectivity index (χ0) is 13.1. The summed E-state index contributed by atoms with van der Waals surface area (Å²) in [6.45, 7) is 9.70. The second-order valence-corrected chi connectivity index (χ2v) is 10.1. The van der Waals surface area contributed by atoms with Gasteiger partial charge in [0.25, 0.3) is 0 Å². The summed E-state index contributed by atoms with van der Waals surface area (Å²) in [4.78, 5) is 21.4. The Bertz CT molecular complexity index is 279. The quantitative estimate of drug-likeness (QED) is 0.726. The molecule has 0 saturated heterocycles. The van der Waals surface area contributed by atoms with Gasteiger partial charge in [0.1, 0.15) is 0 Å². The van der Waals surface area contributed by atoms with Gasteiger partial charge in [0.2, 0.25) is 0 Å². The van der Waals surface area contributed by atoms with Crippen LogP contribution in [-0.4, -0.2) is 36.6 Å². The van der Waals surface area contributed by atoms with Crippen LogP contribution in [0.3, 0.4) is 0 Å². The highest BCUT2D eigenvalue weighted by Gasteiger charge is 2.41. The summed E-state index contributed by atoms with van der Waals surface area (Å²) in [6.07, 6.45) is -1.75. The molecule has 0 aromatic heterocycles. The lowest BCUT2D eigenvalue weighted by molar-refractivity contribution is -0.152. The van der Waals surface area contributed by atoms with E-state index in [9.17, 15) is 9.59 Å². The van der Waals surface area contributed by atoms with E-state index in [0.717, 1.165) is 0 Å². The van der Waals surface area contributed by atoms with Crippen LogP contribution in [0.5, 0.6) is 0 Å². The van der Waals surface area contributed by atoms with Crippen molar-refractivity contribution in [2.75, 3.05) is 0 Å². The highest BCUT2D eigenvalue weighted by atomic mass is 28.4. The minimum Gasteiger partial charge on any atom is -0.481 e. The van der Waals surface area contributed by atoms with Crippen LogP contribution in [0.25, 0.3) is 0 Å². The minimum absolute atomic E-state index is 0.140. The highest BCUT2D eigenvalue weighted by Crippen LogP contribution is 2.37. The molecule has 0 saturated carbocycles. The van der Waals surface area contributed by atoms with Gasteiger partial charge in [0.15, 0.2) is 14.4 Å². The first-order chi connectivity index (χ1) is 6.97. The first-order valence-electron chi connectivity index (χ1n) is 5.10. The summed E-state index contributed by atoms with van der Waals surface area (Å²) in [6, 6.07) is 0. The number of hydrogen-bond donors (Lipinski definition) is 2. The number of hydrogen-bond acceptors (Lipinski definition) is 3. The summed E-state index contributed by atoms with van der Waals surface area (Å²) >= 11 is 0. The normalized spacial score (nSPS) is 14.6. The Morgan fingerprint density at radius 3 is 1.94 bits per heavy atom. The SMILES string of the molecule is CC(C)(C)[Si](C)(C)O[C@@H](CC(=O)O)C(=O)O. The molecule has 0 heterocycles. The Hall–Kier alpha value is -0.883. The van der Waals surface area contributed by atoms with Gasteiger partial charge >= 0.3 is 11.9 Å². The van der Waals surface area contributed by atoms with Gasteiger partial charge in [-0.25, -0.2) is 4.79 Å². The van der Waals surface area contributed by atoms with Gasteiger partial charge < -0.3 is 14.6 Å². The molecular weight excluding hydrogens is 228 g/mol. The molecule has 16 heavy (non-hydrogen) atoms. The Morgan fingerprint density at radius 1 is 1.25 bits per heavy atom. The predicted octanol–water partition coefficient (Wildman–Crippen LogP) is 1.94. The third kappa shape index (κ3) is 4.32. The summed E-state index contributed by atoms with van der Waals surface area (Å²) in [5, 5.41) is 17.3. The molecule has 0 aliphatic heterocycles. The molecule has 0 rings (SSSR count). The smallest absolute Gasteiger partial charge is 0.332 e. The fraction of sp³-hybridized carbons (Fsp3) is 0.800. The topological polar surface area (TPSA) is 83.8 Å². The second-order valence-electron chi connectivity index (χ2n) is 5.30. The fourth-order valence-corrected chi connectivity index (χ4v) is 2.12. The van der Waals surface area contributed by atoms with Crippen molar-refractivity contribution in [1.29, 1.82) is 0 Å². The average molecular weight is 248 g/mol. The lowest BCUT2D eigenvalue weighted by Gasteiger charge is -2.37. The van der Waals surface area contributed by atoms with E-state index in [4.69, 9.17) is 14.6 Å². The Morgan fingerprint density at radius 2 is 1.69 bits per heavy atom. The molecule has 0 aromatic rings. The molecule has 0 amide bonds. The van der Waals surface area contributed by atoms with Crippen LogP contribution >= 0.6 is 0 Å². The van der Waals surface area contributed by atoms with E-state index < -0.39 is 32.8 Å². The van der Waals surface area contributed by atoms with Crippen molar-refractivity contribution >= 4 is 20.3 Å². The second kappa shape index (κ2) is 4.97. The van der Waals surface area contributed by atoms with E-state index in [1.54, 1.807) is 0 Å². The van der Waals surface area contributed by atoms with Crippen molar-refractivity contribution in [1.82, 2.24) is 0 Å².